The number of rotatable bonds is 6. The first kappa shape index (κ1) is 12.7. The zero-order valence-corrected chi connectivity index (χ0v) is 9.90. The van der Waals surface area contributed by atoms with E-state index in [2.05, 4.69) is 15.3 Å². The highest BCUT2D eigenvalue weighted by atomic mass is 16.4. The lowest BCUT2D eigenvalue weighted by molar-refractivity contribution is 0.0695. The highest BCUT2D eigenvalue weighted by molar-refractivity contribution is 5.88. The molecule has 0 saturated heterocycles. The zero-order chi connectivity index (χ0) is 12.1. The molecule has 0 aromatic carbocycles. The van der Waals surface area contributed by atoms with Crippen molar-refractivity contribution < 1.29 is 9.90 Å². The number of aryl methyl sites for hydroxylation is 1. The van der Waals surface area contributed by atoms with Crippen molar-refractivity contribution in [2.24, 2.45) is 7.05 Å². The molecule has 6 heteroatoms. The van der Waals surface area contributed by atoms with Gasteiger partial charge in [-0.1, -0.05) is 0 Å². The summed E-state index contributed by atoms with van der Waals surface area (Å²) < 4.78 is 1.59. The quantitative estimate of drug-likeness (QED) is 0.656. The number of nitrogens with one attached hydrogen (secondary N) is 1. The van der Waals surface area contributed by atoms with Crippen LogP contribution in [0.1, 0.15) is 16.1 Å². The zero-order valence-electron chi connectivity index (χ0n) is 9.90. The van der Waals surface area contributed by atoms with Crippen LogP contribution in [-0.2, 0) is 13.6 Å². The Labute approximate surface area is 94.9 Å². The van der Waals surface area contributed by atoms with Crippen LogP contribution in [0.2, 0.25) is 0 Å². The van der Waals surface area contributed by atoms with E-state index in [1.807, 2.05) is 14.1 Å². The van der Waals surface area contributed by atoms with Gasteiger partial charge in [-0.2, -0.15) is 5.10 Å². The van der Waals surface area contributed by atoms with Crippen molar-refractivity contribution >= 4 is 5.97 Å². The monoisotopic (exact) mass is 226 g/mol. The molecule has 16 heavy (non-hydrogen) atoms. The van der Waals surface area contributed by atoms with E-state index in [9.17, 15) is 4.79 Å². The molecule has 0 amide bonds. The average molecular weight is 226 g/mol. The number of carbonyl (C=O) groups is 1. The number of hydrogen-bond donors (Lipinski definition) is 2. The summed E-state index contributed by atoms with van der Waals surface area (Å²) in [5.41, 5.74) is 0.964. The van der Waals surface area contributed by atoms with Crippen molar-refractivity contribution in [1.29, 1.82) is 0 Å². The highest BCUT2D eigenvalue weighted by Gasteiger charge is 2.13. The van der Waals surface area contributed by atoms with Crippen LogP contribution in [-0.4, -0.2) is 52.9 Å². The van der Waals surface area contributed by atoms with Gasteiger partial charge < -0.3 is 15.3 Å². The van der Waals surface area contributed by atoms with E-state index in [-0.39, 0.29) is 5.56 Å². The smallest absolute Gasteiger partial charge is 0.339 e. The molecule has 0 bridgehead atoms. The van der Waals surface area contributed by atoms with Gasteiger partial charge in [-0.15, -0.1) is 0 Å². The molecule has 0 unspecified atom stereocenters. The lowest BCUT2D eigenvalue weighted by Crippen LogP contribution is -2.27. The maximum absolute atomic E-state index is 10.9. The number of carboxylic acids is 1. The summed E-state index contributed by atoms with van der Waals surface area (Å²) in [7, 11) is 5.73. The van der Waals surface area contributed by atoms with E-state index >= 15 is 0 Å². The Kier molecular flexibility index (Phi) is 4.45. The lowest BCUT2D eigenvalue weighted by atomic mass is 10.2. The van der Waals surface area contributed by atoms with Crippen LogP contribution in [0, 0.1) is 0 Å². The van der Waals surface area contributed by atoms with Crippen molar-refractivity contribution in [2.45, 2.75) is 6.54 Å². The van der Waals surface area contributed by atoms with E-state index in [0.29, 0.717) is 12.2 Å². The lowest BCUT2D eigenvalue weighted by Gasteiger charge is -2.10. The number of carboxylic acid groups (broad SMARTS) is 1. The van der Waals surface area contributed by atoms with Gasteiger partial charge in [0.25, 0.3) is 0 Å². The Morgan fingerprint density at radius 1 is 1.62 bits per heavy atom. The van der Waals surface area contributed by atoms with Crippen LogP contribution in [0.25, 0.3) is 0 Å². The number of hydrogen-bond acceptors (Lipinski definition) is 4. The molecule has 90 valence electrons. The molecule has 0 aliphatic carbocycles. The van der Waals surface area contributed by atoms with Crippen LogP contribution in [0.4, 0.5) is 0 Å². The number of aromatic carboxylic acids is 1. The molecular formula is C10H18N4O2. The molecule has 2 N–H and O–H groups in total. The van der Waals surface area contributed by atoms with Crippen molar-refractivity contribution in [1.82, 2.24) is 20.0 Å². The van der Waals surface area contributed by atoms with E-state index < -0.39 is 5.97 Å². The standard InChI is InChI=1S/C10H18N4O2/c1-13(2)5-4-11-7-9-8(10(15)16)6-12-14(9)3/h6,11H,4-5,7H2,1-3H3,(H,15,16). The number of aromatic nitrogens is 2. The first-order valence-corrected chi connectivity index (χ1v) is 5.12. The minimum absolute atomic E-state index is 0.264. The summed E-state index contributed by atoms with van der Waals surface area (Å²) in [5, 5.41) is 16.1. The first-order valence-electron chi connectivity index (χ1n) is 5.12. The fourth-order valence-electron chi connectivity index (χ4n) is 1.36. The summed E-state index contributed by atoms with van der Waals surface area (Å²) in [4.78, 5) is 13.0. The Morgan fingerprint density at radius 3 is 2.88 bits per heavy atom. The van der Waals surface area contributed by atoms with Gasteiger partial charge in [-0.05, 0) is 14.1 Å². The second-order valence-corrected chi connectivity index (χ2v) is 3.91. The summed E-state index contributed by atoms with van der Waals surface area (Å²) >= 11 is 0. The van der Waals surface area contributed by atoms with E-state index in [4.69, 9.17) is 5.11 Å². The maximum atomic E-state index is 10.9. The van der Waals surface area contributed by atoms with E-state index in [1.165, 1.54) is 6.20 Å². The largest absolute Gasteiger partial charge is 0.478 e. The molecule has 1 aromatic heterocycles. The van der Waals surface area contributed by atoms with Crippen molar-refractivity contribution in [3.63, 3.8) is 0 Å². The summed E-state index contributed by atoms with van der Waals surface area (Å²) in [6.45, 7) is 2.25. The fourth-order valence-corrected chi connectivity index (χ4v) is 1.36. The predicted octanol–water partition coefficient (Wildman–Crippen LogP) is -0.230. The molecule has 0 saturated carbocycles. The number of nitrogens with zero attached hydrogens (tertiary/aromatic N) is 3. The minimum Gasteiger partial charge on any atom is -0.478 e. The van der Waals surface area contributed by atoms with Gasteiger partial charge in [0.1, 0.15) is 5.56 Å². The SMILES string of the molecule is CN(C)CCNCc1c(C(=O)O)cnn1C. The second kappa shape index (κ2) is 5.62. The molecule has 0 fully saturated rings. The molecule has 6 nitrogen and oxygen atoms in total. The van der Waals surface area contributed by atoms with Gasteiger partial charge in [-0.25, -0.2) is 4.79 Å². The third kappa shape index (κ3) is 3.32. The van der Waals surface area contributed by atoms with E-state index in [0.717, 1.165) is 13.1 Å². The van der Waals surface area contributed by atoms with Crippen LogP contribution in [0.15, 0.2) is 6.20 Å². The first-order chi connectivity index (χ1) is 7.52. The molecule has 0 spiro atoms. The topological polar surface area (TPSA) is 70.4 Å². The average Bonchev–Trinajstić information content (AvgIpc) is 2.54. The molecule has 0 atom stereocenters. The Morgan fingerprint density at radius 2 is 2.31 bits per heavy atom. The Hall–Kier alpha value is -1.40. The number of likely N-dealkylation sites (N-methyl/N-ethyl adjacent to an activating group) is 1. The van der Waals surface area contributed by atoms with Crippen LogP contribution in [0.3, 0.4) is 0 Å². The molecule has 1 aromatic rings. The van der Waals surface area contributed by atoms with Crippen LogP contribution >= 0.6 is 0 Å². The van der Waals surface area contributed by atoms with Crippen molar-refractivity contribution in [3.8, 4) is 0 Å². The second-order valence-electron chi connectivity index (χ2n) is 3.91. The van der Waals surface area contributed by atoms with Gasteiger partial charge in [0.05, 0.1) is 11.9 Å². The minimum atomic E-state index is -0.933. The predicted molar refractivity (Wildman–Crippen MR) is 60.4 cm³/mol. The van der Waals surface area contributed by atoms with Gasteiger partial charge >= 0.3 is 5.97 Å². The normalized spacial score (nSPS) is 11.0. The molecular weight excluding hydrogens is 208 g/mol. The summed E-state index contributed by atoms with van der Waals surface area (Å²) in [6.07, 6.45) is 1.38. The molecule has 0 aliphatic rings. The van der Waals surface area contributed by atoms with Gasteiger partial charge in [0.2, 0.25) is 0 Å². The molecule has 1 rings (SSSR count). The third-order valence-electron chi connectivity index (χ3n) is 2.32. The van der Waals surface area contributed by atoms with Crippen LogP contribution < -0.4 is 5.32 Å². The molecule has 0 radical (unpaired) electrons. The molecule has 1 heterocycles. The van der Waals surface area contributed by atoms with Gasteiger partial charge in [0.15, 0.2) is 0 Å². The fraction of sp³-hybridized carbons (Fsp3) is 0.600. The highest BCUT2D eigenvalue weighted by Crippen LogP contribution is 2.06. The van der Waals surface area contributed by atoms with E-state index in [1.54, 1.807) is 11.7 Å². The van der Waals surface area contributed by atoms with Gasteiger partial charge in [0, 0.05) is 26.7 Å². The van der Waals surface area contributed by atoms with Crippen LogP contribution in [0.5, 0.6) is 0 Å². The van der Waals surface area contributed by atoms with Crippen molar-refractivity contribution in [3.05, 3.63) is 17.5 Å². The maximum Gasteiger partial charge on any atom is 0.339 e. The summed E-state index contributed by atoms with van der Waals surface area (Å²) in [6, 6.07) is 0. The third-order valence-corrected chi connectivity index (χ3v) is 2.32. The Bertz CT molecular complexity index is 360. The summed E-state index contributed by atoms with van der Waals surface area (Å²) in [5.74, 6) is -0.933. The Balaban J connectivity index is 2.52. The molecule has 0 aliphatic heterocycles. The van der Waals surface area contributed by atoms with Crippen molar-refractivity contribution in [2.75, 3.05) is 27.2 Å². The van der Waals surface area contributed by atoms with Gasteiger partial charge in [-0.3, -0.25) is 4.68 Å².